The van der Waals surface area contributed by atoms with Crippen molar-refractivity contribution in [2.75, 3.05) is 0 Å². The number of para-hydroxylation sites is 2. The Bertz CT molecular complexity index is 3730. The van der Waals surface area contributed by atoms with Crippen molar-refractivity contribution >= 4 is 54.5 Å². The standard InChI is InChI=1S/C56H34N4O/c1-2-13-34(14-3-1)35-25-27-36(28-26-35)54-57-55(43-22-12-21-41-40-18-7-6-17-39(40)32-45(41)43)59-56(58-54)53-48(29-30-51-52(53)44-20-9-11-24-50(44)61-51)60-47-23-10-8-19-42(47)46-31-37-15-4-5-16-38(37)33-49(46)60/h1-31,33H,32H2. The van der Waals surface area contributed by atoms with Gasteiger partial charge in [-0.1, -0.05) is 158 Å². The largest absolute Gasteiger partial charge is 0.456 e. The Kier molecular flexibility index (Phi) is 7.30. The van der Waals surface area contributed by atoms with Crippen LogP contribution in [0, 0.1) is 0 Å². The molecule has 0 bridgehead atoms. The summed E-state index contributed by atoms with van der Waals surface area (Å²) in [6.45, 7) is 0. The van der Waals surface area contributed by atoms with Gasteiger partial charge in [0.1, 0.15) is 11.2 Å². The summed E-state index contributed by atoms with van der Waals surface area (Å²) in [7, 11) is 0. The molecule has 5 nitrogen and oxygen atoms in total. The molecule has 13 rings (SSSR count). The molecule has 0 aliphatic heterocycles. The molecule has 12 aromatic rings. The van der Waals surface area contributed by atoms with Crippen molar-refractivity contribution in [3.05, 3.63) is 205 Å². The Balaban J connectivity index is 1.13. The average Bonchev–Trinajstić information content (AvgIpc) is 4.00. The van der Waals surface area contributed by atoms with Gasteiger partial charge in [-0.15, -0.1) is 0 Å². The number of benzene rings is 9. The Labute approximate surface area is 350 Å². The monoisotopic (exact) mass is 778 g/mol. The number of nitrogens with zero attached hydrogens (tertiary/aromatic N) is 4. The van der Waals surface area contributed by atoms with Crippen molar-refractivity contribution in [2.45, 2.75) is 6.42 Å². The van der Waals surface area contributed by atoms with Gasteiger partial charge >= 0.3 is 0 Å². The predicted octanol–water partition coefficient (Wildman–Crippen LogP) is 14.3. The van der Waals surface area contributed by atoms with Gasteiger partial charge in [-0.05, 0) is 87.0 Å². The van der Waals surface area contributed by atoms with Gasteiger partial charge in [0.15, 0.2) is 17.5 Å². The van der Waals surface area contributed by atoms with Gasteiger partial charge < -0.3 is 8.98 Å². The van der Waals surface area contributed by atoms with Crippen molar-refractivity contribution in [3.8, 4) is 62.1 Å². The van der Waals surface area contributed by atoms with Crippen LogP contribution in [0.15, 0.2) is 199 Å². The van der Waals surface area contributed by atoms with E-state index in [1.807, 2.05) is 18.2 Å². The molecule has 1 aliphatic carbocycles. The zero-order valence-electron chi connectivity index (χ0n) is 32.9. The van der Waals surface area contributed by atoms with Crippen molar-refractivity contribution in [1.82, 2.24) is 19.5 Å². The third-order valence-electron chi connectivity index (χ3n) is 12.5. The van der Waals surface area contributed by atoms with Crippen LogP contribution in [0.3, 0.4) is 0 Å². The minimum atomic E-state index is 0.583. The lowest BCUT2D eigenvalue weighted by molar-refractivity contribution is 0.669. The van der Waals surface area contributed by atoms with Crippen molar-refractivity contribution in [2.24, 2.45) is 0 Å². The average molecular weight is 779 g/mol. The van der Waals surface area contributed by atoms with Gasteiger partial charge in [-0.25, -0.2) is 15.0 Å². The van der Waals surface area contributed by atoms with Crippen LogP contribution in [0.5, 0.6) is 0 Å². The van der Waals surface area contributed by atoms with Gasteiger partial charge in [0.05, 0.1) is 22.3 Å². The maximum Gasteiger partial charge on any atom is 0.166 e. The molecule has 9 aromatic carbocycles. The first-order chi connectivity index (χ1) is 30.2. The van der Waals surface area contributed by atoms with Crippen LogP contribution in [0.4, 0.5) is 0 Å². The zero-order chi connectivity index (χ0) is 40.0. The molecule has 1 aliphatic rings. The molecule has 0 spiro atoms. The molecule has 0 amide bonds. The maximum atomic E-state index is 6.62. The van der Waals surface area contributed by atoms with E-state index >= 15 is 0 Å². The highest BCUT2D eigenvalue weighted by Gasteiger charge is 2.27. The molecule has 284 valence electrons. The normalized spacial score (nSPS) is 12.2. The fraction of sp³-hybridized carbons (Fsp3) is 0.0179. The zero-order valence-corrected chi connectivity index (χ0v) is 32.9. The van der Waals surface area contributed by atoms with E-state index in [1.165, 1.54) is 43.8 Å². The SMILES string of the molecule is c1ccc(-c2ccc(-c3nc(-c4cccc5c4Cc4ccccc4-5)nc(-c4c(-n5c6ccccc6c6cc7ccccc7cc65)ccc5oc6ccccc6c45)n3)cc2)cc1. The lowest BCUT2D eigenvalue weighted by Crippen LogP contribution is -2.05. The first kappa shape index (κ1) is 33.8. The van der Waals surface area contributed by atoms with Crippen LogP contribution >= 0.6 is 0 Å². The maximum absolute atomic E-state index is 6.62. The van der Waals surface area contributed by atoms with Gasteiger partial charge in [0.25, 0.3) is 0 Å². The molecule has 5 heteroatoms. The minimum Gasteiger partial charge on any atom is -0.456 e. The van der Waals surface area contributed by atoms with Crippen LogP contribution in [0.2, 0.25) is 0 Å². The molecule has 61 heavy (non-hydrogen) atoms. The van der Waals surface area contributed by atoms with E-state index in [1.54, 1.807) is 0 Å². The van der Waals surface area contributed by atoms with Crippen LogP contribution < -0.4 is 0 Å². The molecular weight excluding hydrogens is 745 g/mol. The van der Waals surface area contributed by atoms with E-state index in [4.69, 9.17) is 19.4 Å². The van der Waals surface area contributed by atoms with Crippen molar-refractivity contribution < 1.29 is 4.42 Å². The van der Waals surface area contributed by atoms with Crippen LogP contribution in [0.25, 0.3) is 117 Å². The summed E-state index contributed by atoms with van der Waals surface area (Å²) in [6.07, 6.45) is 0.812. The highest BCUT2D eigenvalue weighted by molar-refractivity contribution is 6.17. The van der Waals surface area contributed by atoms with E-state index in [0.29, 0.717) is 17.5 Å². The van der Waals surface area contributed by atoms with Crippen LogP contribution in [-0.2, 0) is 6.42 Å². The Morgan fingerprint density at radius 2 is 1.07 bits per heavy atom. The quantitative estimate of drug-likeness (QED) is 0.175. The lowest BCUT2D eigenvalue weighted by Gasteiger charge is -2.16. The molecule has 3 heterocycles. The van der Waals surface area contributed by atoms with E-state index in [2.05, 4.69) is 180 Å². The number of aromatic nitrogens is 4. The van der Waals surface area contributed by atoms with Gasteiger partial charge in [-0.3, -0.25) is 0 Å². The van der Waals surface area contributed by atoms with Crippen molar-refractivity contribution in [3.63, 3.8) is 0 Å². The summed E-state index contributed by atoms with van der Waals surface area (Å²) in [4.78, 5) is 16.4. The summed E-state index contributed by atoms with van der Waals surface area (Å²) < 4.78 is 9.01. The first-order valence-corrected chi connectivity index (χ1v) is 20.7. The highest BCUT2D eigenvalue weighted by Crippen LogP contribution is 2.45. The van der Waals surface area contributed by atoms with Crippen LogP contribution in [0.1, 0.15) is 11.1 Å². The fourth-order valence-corrected chi connectivity index (χ4v) is 9.68. The fourth-order valence-electron chi connectivity index (χ4n) is 9.68. The lowest BCUT2D eigenvalue weighted by atomic mass is 10.00. The Hall–Kier alpha value is -8.15. The summed E-state index contributed by atoms with van der Waals surface area (Å²) in [5.41, 5.74) is 14.9. The molecule has 0 unspecified atom stereocenters. The number of fused-ring (bicyclic) bond motifs is 10. The highest BCUT2D eigenvalue weighted by atomic mass is 16.3. The van der Waals surface area contributed by atoms with Crippen molar-refractivity contribution in [1.29, 1.82) is 0 Å². The van der Waals surface area contributed by atoms with Gasteiger partial charge in [0.2, 0.25) is 0 Å². The second kappa shape index (κ2) is 13.2. The second-order valence-electron chi connectivity index (χ2n) is 15.9. The third kappa shape index (κ3) is 5.24. The minimum absolute atomic E-state index is 0.583. The number of furan rings is 1. The van der Waals surface area contributed by atoms with E-state index in [-0.39, 0.29) is 0 Å². The molecule has 0 atom stereocenters. The summed E-state index contributed by atoms with van der Waals surface area (Å²) in [6, 6.07) is 68.7. The molecular formula is C56H34N4O. The summed E-state index contributed by atoms with van der Waals surface area (Å²) >= 11 is 0. The van der Waals surface area contributed by atoms with Gasteiger partial charge in [0, 0.05) is 32.7 Å². The predicted molar refractivity (Wildman–Crippen MR) is 249 cm³/mol. The smallest absolute Gasteiger partial charge is 0.166 e. The Morgan fingerprint density at radius 3 is 1.95 bits per heavy atom. The third-order valence-corrected chi connectivity index (χ3v) is 12.5. The van der Waals surface area contributed by atoms with E-state index < -0.39 is 0 Å². The molecule has 0 saturated carbocycles. The second-order valence-corrected chi connectivity index (χ2v) is 15.9. The summed E-state index contributed by atoms with van der Waals surface area (Å²) in [5.74, 6) is 1.83. The number of hydrogen-bond donors (Lipinski definition) is 0. The van der Waals surface area contributed by atoms with Crippen LogP contribution in [-0.4, -0.2) is 19.5 Å². The molecule has 0 radical (unpaired) electrons. The van der Waals surface area contributed by atoms with E-state index in [9.17, 15) is 0 Å². The van der Waals surface area contributed by atoms with E-state index in [0.717, 1.165) is 72.9 Å². The molecule has 0 saturated heterocycles. The molecule has 0 N–H and O–H groups in total. The summed E-state index contributed by atoms with van der Waals surface area (Å²) in [5, 5.41) is 6.73. The number of rotatable bonds is 5. The molecule has 0 fully saturated rings. The molecule has 3 aromatic heterocycles. The van der Waals surface area contributed by atoms with Gasteiger partial charge in [-0.2, -0.15) is 0 Å². The first-order valence-electron chi connectivity index (χ1n) is 20.7. The Morgan fingerprint density at radius 1 is 0.410 bits per heavy atom. The number of hydrogen-bond acceptors (Lipinski definition) is 4. The topological polar surface area (TPSA) is 56.7 Å².